The maximum atomic E-state index is 10.6. The first kappa shape index (κ1) is 8.86. The van der Waals surface area contributed by atoms with Crippen LogP contribution in [-0.2, 0) is 5.75 Å². The van der Waals surface area contributed by atoms with Gasteiger partial charge < -0.3 is 10.4 Å². The van der Waals surface area contributed by atoms with E-state index in [-0.39, 0.29) is 10.5 Å². The first-order valence-electron chi connectivity index (χ1n) is 3.28. The smallest absolute Gasteiger partial charge is 0.244 e. The minimum Gasteiger partial charge on any atom is -0.739 e. The highest BCUT2D eigenvalue weighted by molar-refractivity contribution is 7.79. The molecule has 0 aliphatic heterocycles. The highest BCUT2D eigenvalue weighted by Crippen LogP contribution is 2.13. The second-order valence-corrected chi connectivity index (χ2v) is 2.50. The molecule has 0 aromatic heterocycles. The quantitative estimate of drug-likeness (QED) is 0.330. The van der Waals surface area contributed by atoms with Crippen molar-refractivity contribution in [3.05, 3.63) is 40.2 Å². The van der Waals surface area contributed by atoms with E-state index in [1.807, 2.05) is 0 Å². The predicted molar refractivity (Wildman–Crippen MR) is 48.2 cm³/mol. The molecule has 4 nitrogen and oxygen atoms in total. The molecule has 1 aromatic rings. The monoisotopic (exact) mass is 183 g/mol. The minimum absolute atomic E-state index is 0.0301. The second kappa shape index (κ2) is 3.96. The Bertz CT molecular complexity index is 284. The third kappa shape index (κ3) is 1.88. The Balaban J connectivity index is 2.92. The normalized spacial score (nSPS) is 11.6. The largest absolute Gasteiger partial charge is 0.739 e. The van der Waals surface area contributed by atoms with Crippen molar-refractivity contribution in [2.45, 2.75) is 5.75 Å². The SMILES string of the molecule is [O-]/N=[N+](\[O-])c1ccc(CS)cc1. The molecule has 0 aliphatic carbocycles. The van der Waals surface area contributed by atoms with E-state index in [9.17, 15) is 10.4 Å². The van der Waals surface area contributed by atoms with Crippen molar-refractivity contribution < 1.29 is 4.86 Å². The summed E-state index contributed by atoms with van der Waals surface area (Å²) in [5.41, 5.74) is 1.22. The van der Waals surface area contributed by atoms with Crippen molar-refractivity contribution in [3.63, 3.8) is 0 Å². The third-order valence-corrected chi connectivity index (χ3v) is 1.78. The van der Waals surface area contributed by atoms with Gasteiger partial charge in [-0.25, -0.2) is 0 Å². The molecule has 0 N–H and O–H groups in total. The summed E-state index contributed by atoms with van der Waals surface area (Å²) in [6.45, 7) is 0. The molecule has 1 aromatic carbocycles. The fourth-order valence-corrected chi connectivity index (χ4v) is 0.987. The Labute approximate surface area is 75.1 Å². The fraction of sp³-hybridized carbons (Fsp3) is 0.143. The van der Waals surface area contributed by atoms with Crippen LogP contribution < -0.4 is 0 Å². The van der Waals surface area contributed by atoms with Gasteiger partial charge in [0, 0.05) is 17.9 Å². The number of benzene rings is 1. The van der Waals surface area contributed by atoms with Crippen LogP contribution in [0.4, 0.5) is 5.69 Å². The zero-order valence-corrected chi connectivity index (χ0v) is 7.07. The Morgan fingerprint density at radius 1 is 1.33 bits per heavy atom. The summed E-state index contributed by atoms with van der Waals surface area (Å²) in [4.78, 5) is 0.0301. The zero-order valence-electron chi connectivity index (χ0n) is 6.17. The molecule has 1 rings (SSSR count). The average molecular weight is 183 g/mol. The van der Waals surface area contributed by atoms with Crippen LogP contribution in [-0.4, -0.2) is 4.86 Å². The molecule has 0 spiro atoms. The third-order valence-electron chi connectivity index (χ3n) is 1.41. The fourth-order valence-electron chi connectivity index (χ4n) is 0.776. The molecule has 5 heteroatoms. The van der Waals surface area contributed by atoms with Gasteiger partial charge in [0.25, 0.3) is 0 Å². The Morgan fingerprint density at radius 2 is 1.92 bits per heavy atom. The van der Waals surface area contributed by atoms with E-state index in [0.717, 1.165) is 5.56 Å². The lowest BCUT2D eigenvalue weighted by atomic mass is 10.2. The van der Waals surface area contributed by atoms with Gasteiger partial charge in [-0.3, -0.25) is 0 Å². The topological polar surface area (TPSA) is 61.5 Å². The number of hydrogen-bond acceptors (Lipinski definition) is 4. The van der Waals surface area contributed by atoms with Crippen molar-refractivity contribution in [1.29, 1.82) is 0 Å². The van der Waals surface area contributed by atoms with Crippen LogP contribution in [0, 0.1) is 10.4 Å². The maximum Gasteiger partial charge on any atom is 0.244 e. The van der Waals surface area contributed by atoms with Crippen LogP contribution in [0.5, 0.6) is 0 Å². The summed E-state index contributed by atoms with van der Waals surface area (Å²) in [7, 11) is 0. The molecule has 0 atom stereocenters. The van der Waals surface area contributed by atoms with Crippen LogP contribution in [0.15, 0.2) is 29.5 Å². The van der Waals surface area contributed by atoms with E-state index in [4.69, 9.17) is 0 Å². The standard InChI is InChI=1S/C7H8N2O2S/c10-8-9(11)7-3-1-6(5-12)2-4-7/h1-4,10,12H,5H2/p-1/b9-8-. The molecule has 12 heavy (non-hydrogen) atoms. The summed E-state index contributed by atoms with van der Waals surface area (Å²) >= 11 is 4.04. The van der Waals surface area contributed by atoms with Gasteiger partial charge in [0.2, 0.25) is 5.69 Å². The van der Waals surface area contributed by atoms with Crippen LogP contribution in [0.1, 0.15) is 5.56 Å². The summed E-state index contributed by atoms with van der Waals surface area (Å²) in [5, 5.41) is 22.7. The molecule has 0 radical (unpaired) electrons. The second-order valence-electron chi connectivity index (χ2n) is 2.18. The van der Waals surface area contributed by atoms with Crippen LogP contribution >= 0.6 is 12.6 Å². The number of rotatable bonds is 2. The molecule has 0 amide bonds. The lowest BCUT2D eigenvalue weighted by Gasteiger charge is -2.01. The van der Waals surface area contributed by atoms with Gasteiger partial charge in [0.15, 0.2) is 0 Å². The van der Waals surface area contributed by atoms with Gasteiger partial charge in [-0.1, -0.05) is 17.0 Å². The van der Waals surface area contributed by atoms with Crippen molar-refractivity contribution >= 4 is 18.3 Å². The van der Waals surface area contributed by atoms with E-state index in [0.29, 0.717) is 5.75 Å². The minimum atomic E-state index is 0.0301. The molecular formula is C7H7N2O2S-. The molecule has 0 heterocycles. The molecular weight excluding hydrogens is 176 g/mol. The van der Waals surface area contributed by atoms with Gasteiger partial charge in [-0.05, 0) is 10.8 Å². The van der Waals surface area contributed by atoms with E-state index < -0.39 is 0 Å². The maximum absolute atomic E-state index is 10.6. The molecule has 0 saturated carbocycles. The zero-order chi connectivity index (χ0) is 8.97. The van der Waals surface area contributed by atoms with E-state index in [1.54, 1.807) is 12.1 Å². The van der Waals surface area contributed by atoms with Crippen molar-refractivity contribution in [2.24, 2.45) is 5.28 Å². The van der Waals surface area contributed by atoms with Crippen LogP contribution in [0.3, 0.4) is 0 Å². The van der Waals surface area contributed by atoms with Crippen LogP contribution in [0.25, 0.3) is 0 Å². The Hall–Kier alpha value is -1.23. The van der Waals surface area contributed by atoms with Crippen molar-refractivity contribution in [3.8, 4) is 0 Å². The number of nitrogens with zero attached hydrogens (tertiary/aromatic N) is 2. The predicted octanol–water partition coefficient (Wildman–Crippen LogP) is 2.21. The Kier molecular flexibility index (Phi) is 2.93. The van der Waals surface area contributed by atoms with Gasteiger partial charge in [-0.15, -0.1) is 0 Å². The summed E-state index contributed by atoms with van der Waals surface area (Å²) in [5.74, 6) is 0.605. The van der Waals surface area contributed by atoms with Gasteiger partial charge in [0.1, 0.15) is 0 Å². The van der Waals surface area contributed by atoms with Gasteiger partial charge in [-0.2, -0.15) is 12.6 Å². The summed E-state index contributed by atoms with van der Waals surface area (Å²) in [6.07, 6.45) is 0. The molecule has 0 bridgehead atoms. The van der Waals surface area contributed by atoms with Crippen molar-refractivity contribution in [1.82, 2.24) is 0 Å². The average Bonchev–Trinajstić information content (AvgIpc) is 2.17. The molecule has 0 aliphatic rings. The number of thiol groups is 1. The number of hydrogen-bond donors (Lipinski definition) is 1. The van der Waals surface area contributed by atoms with Gasteiger partial charge >= 0.3 is 0 Å². The molecule has 0 unspecified atom stereocenters. The lowest BCUT2D eigenvalue weighted by Crippen LogP contribution is -1.89. The van der Waals surface area contributed by atoms with Gasteiger partial charge in [0.05, 0.1) is 0 Å². The van der Waals surface area contributed by atoms with E-state index >= 15 is 0 Å². The van der Waals surface area contributed by atoms with Crippen molar-refractivity contribution in [2.75, 3.05) is 0 Å². The van der Waals surface area contributed by atoms with E-state index in [1.165, 1.54) is 12.1 Å². The molecule has 0 fully saturated rings. The molecule has 64 valence electrons. The van der Waals surface area contributed by atoms with E-state index in [2.05, 4.69) is 17.9 Å². The Morgan fingerprint density at radius 3 is 2.33 bits per heavy atom. The molecule has 0 saturated heterocycles. The van der Waals surface area contributed by atoms with Crippen LogP contribution in [0.2, 0.25) is 0 Å². The first-order valence-corrected chi connectivity index (χ1v) is 3.91. The lowest BCUT2D eigenvalue weighted by molar-refractivity contribution is -0.436. The summed E-state index contributed by atoms with van der Waals surface area (Å²) < 4.78 is 0. The summed E-state index contributed by atoms with van der Waals surface area (Å²) in [6, 6.07) is 6.50. The highest BCUT2D eigenvalue weighted by Gasteiger charge is 1.99. The first-order chi connectivity index (χ1) is 5.77. The highest BCUT2D eigenvalue weighted by atomic mass is 32.1.